The Balaban J connectivity index is 1.62. The molecule has 38 heavy (non-hydrogen) atoms. The van der Waals surface area contributed by atoms with Crippen molar-refractivity contribution >= 4 is 28.5 Å². The van der Waals surface area contributed by atoms with Crippen LogP contribution in [0, 0.1) is 0 Å². The number of aromatic amines is 1. The summed E-state index contributed by atoms with van der Waals surface area (Å²) in [6.07, 6.45) is 0. The average molecular weight is 514 g/mol. The van der Waals surface area contributed by atoms with E-state index in [0.717, 1.165) is 40.8 Å². The Bertz CT molecular complexity index is 1340. The van der Waals surface area contributed by atoms with E-state index in [1.165, 1.54) is 0 Å². The highest BCUT2D eigenvalue weighted by Gasteiger charge is 2.27. The molecule has 0 saturated carbocycles. The Hall–Kier alpha value is -4.10. The van der Waals surface area contributed by atoms with Crippen molar-refractivity contribution in [3.63, 3.8) is 0 Å². The zero-order valence-electron chi connectivity index (χ0n) is 22.2. The molecule has 198 valence electrons. The first kappa shape index (κ1) is 26.9. The number of carbonyl (C=O) groups excluding carboxylic acids is 2. The minimum atomic E-state index is -0.399. The summed E-state index contributed by atoms with van der Waals surface area (Å²) in [6.45, 7) is 9.17. The molecule has 0 spiro atoms. The van der Waals surface area contributed by atoms with Crippen molar-refractivity contribution < 1.29 is 19.1 Å². The number of anilines is 1. The number of benzene rings is 3. The lowest BCUT2D eigenvalue weighted by molar-refractivity contribution is 0.0465. The molecule has 0 bridgehead atoms. The molecule has 0 saturated heterocycles. The number of nitrogens with one attached hydrogen (secondary N) is 2. The predicted octanol–water partition coefficient (Wildman–Crippen LogP) is 6.04. The number of rotatable bonds is 12. The number of H-pyrrole nitrogens is 1. The SMILES string of the molecule is CCOC(=O)c1[nH]c2ccccc2c1C(Nc1ccc(C(=O)OCCN(CC)CC)cc1)c1ccccc1. The molecule has 0 amide bonds. The zero-order valence-corrected chi connectivity index (χ0v) is 22.2. The van der Waals surface area contributed by atoms with E-state index >= 15 is 0 Å². The third kappa shape index (κ3) is 6.23. The standard InChI is InChI=1S/C31H35N3O4/c1-4-34(5-2)20-21-38-30(35)23-16-18-24(19-17-23)32-28(22-12-8-7-9-13-22)27-25-14-10-11-15-26(25)33-29(27)31(36)37-6-3/h7-19,28,32-33H,4-6,20-21H2,1-3H3. The van der Waals surface area contributed by atoms with E-state index in [0.29, 0.717) is 24.4 Å². The Kier molecular flexibility index (Phi) is 9.16. The smallest absolute Gasteiger partial charge is 0.355 e. The van der Waals surface area contributed by atoms with E-state index in [4.69, 9.17) is 9.47 Å². The molecule has 3 aromatic carbocycles. The van der Waals surface area contributed by atoms with Crippen LogP contribution in [0.3, 0.4) is 0 Å². The van der Waals surface area contributed by atoms with E-state index in [-0.39, 0.29) is 18.6 Å². The van der Waals surface area contributed by atoms with Crippen molar-refractivity contribution in [3.05, 3.63) is 101 Å². The molecule has 7 heteroatoms. The van der Waals surface area contributed by atoms with Crippen LogP contribution in [-0.4, -0.2) is 54.7 Å². The molecule has 2 N–H and O–H groups in total. The lowest BCUT2D eigenvalue weighted by Crippen LogP contribution is -2.27. The van der Waals surface area contributed by atoms with Gasteiger partial charge in [0.1, 0.15) is 12.3 Å². The molecule has 7 nitrogen and oxygen atoms in total. The van der Waals surface area contributed by atoms with Crippen LogP contribution in [0.4, 0.5) is 5.69 Å². The largest absolute Gasteiger partial charge is 0.461 e. The highest BCUT2D eigenvalue weighted by molar-refractivity contribution is 5.99. The van der Waals surface area contributed by atoms with Crippen molar-refractivity contribution in [2.45, 2.75) is 26.8 Å². The number of fused-ring (bicyclic) bond motifs is 1. The Morgan fingerprint density at radius 3 is 2.21 bits per heavy atom. The topological polar surface area (TPSA) is 83.7 Å². The van der Waals surface area contributed by atoms with Gasteiger partial charge in [-0.2, -0.15) is 0 Å². The maximum atomic E-state index is 13.0. The van der Waals surface area contributed by atoms with Gasteiger partial charge in [0.05, 0.1) is 18.2 Å². The molecule has 0 fully saturated rings. The second-order valence-corrected chi connectivity index (χ2v) is 8.91. The first-order chi connectivity index (χ1) is 18.5. The molecule has 0 aliphatic carbocycles. The third-order valence-electron chi connectivity index (χ3n) is 6.61. The van der Waals surface area contributed by atoms with Crippen molar-refractivity contribution in [1.29, 1.82) is 0 Å². The minimum absolute atomic E-state index is 0.281. The van der Waals surface area contributed by atoms with Gasteiger partial charge < -0.3 is 24.7 Å². The number of para-hydroxylation sites is 1. The van der Waals surface area contributed by atoms with Gasteiger partial charge in [-0.25, -0.2) is 9.59 Å². The number of ether oxygens (including phenoxy) is 2. The van der Waals surface area contributed by atoms with E-state index in [2.05, 4.69) is 29.0 Å². The van der Waals surface area contributed by atoms with Gasteiger partial charge in [-0.05, 0) is 55.9 Å². The van der Waals surface area contributed by atoms with Gasteiger partial charge in [-0.15, -0.1) is 0 Å². The highest BCUT2D eigenvalue weighted by atomic mass is 16.5. The highest BCUT2D eigenvalue weighted by Crippen LogP contribution is 2.35. The zero-order chi connectivity index (χ0) is 26.9. The molecule has 1 unspecified atom stereocenters. The van der Waals surface area contributed by atoms with Crippen LogP contribution in [0.2, 0.25) is 0 Å². The fraction of sp³-hybridized carbons (Fsp3) is 0.290. The number of esters is 2. The molecule has 0 aliphatic heterocycles. The number of carbonyl (C=O) groups is 2. The van der Waals surface area contributed by atoms with E-state index < -0.39 is 5.97 Å². The molecular formula is C31H35N3O4. The average Bonchev–Trinajstić information content (AvgIpc) is 3.34. The van der Waals surface area contributed by atoms with E-state index in [1.807, 2.05) is 66.7 Å². The quantitative estimate of drug-likeness (QED) is 0.225. The van der Waals surface area contributed by atoms with E-state index in [9.17, 15) is 9.59 Å². The summed E-state index contributed by atoms with van der Waals surface area (Å²) >= 11 is 0. The van der Waals surface area contributed by atoms with Crippen LogP contribution in [-0.2, 0) is 9.47 Å². The Morgan fingerprint density at radius 2 is 1.53 bits per heavy atom. The summed E-state index contributed by atoms with van der Waals surface area (Å²) in [5, 5.41) is 4.52. The van der Waals surface area contributed by atoms with Crippen LogP contribution in [0.15, 0.2) is 78.9 Å². The summed E-state index contributed by atoms with van der Waals surface area (Å²) in [7, 11) is 0. The van der Waals surface area contributed by atoms with Crippen molar-refractivity contribution in [2.24, 2.45) is 0 Å². The normalized spacial score (nSPS) is 11.9. The fourth-order valence-electron chi connectivity index (χ4n) is 4.56. The molecule has 4 aromatic rings. The van der Waals surface area contributed by atoms with Crippen LogP contribution in [0.5, 0.6) is 0 Å². The minimum Gasteiger partial charge on any atom is -0.461 e. The summed E-state index contributed by atoms with van der Waals surface area (Å²) in [5.41, 5.74) is 4.37. The number of likely N-dealkylation sites (N-methyl/N-ethyl adjacent to an activating group) is 1. The van der Waals surface area contributed by atoms with Crippen LogP contribution in [0.25, 0.3) is 10.9 Å². The Morgan fingerprint density at radius 1 is 0.842 bits per heavy atom. The summed E-state index contributed by atoms with van der Waals surface area (Å²) in [4.78, 5) is 31.0. The number of hydrogen-bond donors (Lipinski definition) is 2. The molecule has 4 rings (SSSR count). The number of aromatic nitrogens is 1. The summed E-state index contributed by atoms with van der Waals surface area (Å²) < 4.78 is 10.9. The van der Waals surface area contributed by atoms with Gasteiger partial charge >= 0.3 is 11.9 Å². The van der Waals surface area contributed by atoms with Gasteiger partial charge in [0.2, 0.25) is 0 Å². The molecule has 1 atom stereocenters. The third-order valence-corrected chi connectivity index (χ3v) is 6.61. The second kappa shape index (κ2) is 12.9. The lowest BCUT2D eigenvalue weighted by atomic mass is 9.95. The van der Waals surface area contributed by atoms with Gasteiger partial charge in [0.25, 0.3) is 0 Å². The first-order valence-electron chi connectivity index (χ1n) is 13.1. The summed E-state index contributed by atoms with van der Waals surface area (Å²) in [6, 6.07) is 24.7. The number of hydrogen-bond acceptors (Lipinski definition) is 6. The van der Waals surface area contributed by atoms with Crippen molar-refractivity contribution in [1.82, 2.24) is 9.88 Å². The second-order valence-electron chi connectivity index (χ2n) is 8.91. The molecular weight excluding hydrogens is 478 g/mol. The van der Waals surface area contributed by atoms with Gasteiger partial charge in [-0.3, -0.25) is 0 Å². The predicted molar refractivity (Wildman–Crippen MR) is 151 cm³/mol. The van der Waals surface area contributed by atoms with Gasteiger partial charge in [0.15, 0.2) is 0 Å². The van der Waals surface area contributed by atoms with Crippen LogP contribution >= 0.6 is 0 Å². The molecule has 0 radical (unpaired) electrons. The maximum Gasteiger partial charge on any atom is 0.355 e. The van der Waals surface area contributed by atoms with Crippen molar-refractivity contribution in [3.8, 4) is 0 Å². The van der Waals surface area contributed by atoms with Crippen molar-refractivity contribution in [2.75, 3.05) is 38.2 Å². The monoisotopic (exact) mass is 513 g/mol. The lowest BCUT2D eigenvalue weighted by Gasteiger charge is -2.22. The fourth-order valence-corrected chi connectivity index (χ4v) is 4.56. The first-order valence-corrected chi connectivity index (χ1v) is 13.1. The molecule has 0 aliphatic rings. The Labute approximate surface area is 223 Å². The van der Waals surface area contributed by atoms with Gasteiger partial charge in [-0.1, -0.05) is 62.4 Å². The van der Waals surface area contributed by atoms with Gasteiger partial charge in [0, 0.05) is 28.7 Å². The maximum absolute atomic E-state index is 13.0. The number of nitrogens with zero attached hydrogens (tertiary/aromatic N) is 1. The molecule has 1 heterocycles. The summed E-state index contributed by atoms with van der Waals surface area (Å²) in [5.74, 6) is -0.742. The van der Waals surface area contributed by atoms with E-state index in [1.54, 1.807) is 19.1 Å². The van der Waals surface area contributed by atoms with Crippen LogP contribution in [0.1, 0.15) is 58.8 Å². The van der Waals surface area contributed by atoms with Crippen LogP contribution < -0.4 is 5.32 Å². The molecule has 1 aromatic heterocycles.